The first-order chi connectivity index (χ1) is 7.19. The summed E-state index contributed by atoms with van der Waals surface area (Å²) < 4.78 is 5.63. The van der Waals surface area contributed by atoms with Gasteiger partial charge in [-0.2, -0.15) is 0 Å². The lowest BCUT2D eigenvalue weighted by atomic mass is 9.97. The highest BCUT2D eigenvalue weighted by Crippen LogP contribution is 2.30. The van der Waals surface area contributed by atoms with Crippen LogP contribution in [0.4, 0.5) is 0 Å². The van der Waals surface area contributed by atoms with E-state index in [2.05, 4.69) is 27.7 Å². The minimum absolute atomic E-state index is 0.0791. The number of hydrogen-bond donors (Lipinski definition) is 0. The molecule has 0 amide bonds. The van der Waals surface area contributed by atoms with Crippen LogP contribution in [0, 0.1) is 5.41 Å². The number of carbonyl (C=O) groups is 1. The Balaban J connectivity index is 3.99. The first-order valence-corrected chi connectivity index (χ1v) is 7.39. The maximum atomic E-state index is 11.9. The third-order valence-electron chi connectivity index (χ3n) is 1.72. The van der Waals surface area contributed by atoms with Crippen molar-refractivity contribution in [2.24, 2.45) is 5.41 Å². The topological polar surface area (TPSA) is 26.3 Å². The molecule has 0 aromatic heterocycles. The van der Waals surface area contributed by atoms with E-state index in [1.165, 1.54) is 23.8 Å². The zero-order valence-electron chi connectivity index (χ0n) is 11.3. The van der Waals surface area contributed by atoms with Crippen molar-refractivity contribution in [2.45, 2.75) is 52.7 Å². The third kappa shape index (κ3) is 7.58. The molecule has 0 spiro atoms. The Morgan fingerprint density at radius 3 is 2.19 bits per heavy atom. The Kier molecular flexibility index (Phi) is 7.06. The lowest BCUT2D eigenvalue weighted by molar-refractivity contribution is -0.119. The van der Waals surface area contributed by atoms with Gasteiger partial charge in [-0.3, -0.25) is 4.79 Å². The highest BCUT2D eigenvalue weighted by atomic mass is 32.2. The van der Waals surface area contributed by atoms with Crippen molar-refractivity contribution in [3.05, 3.63) is 0 Å². The molecule has 0 aliphatic rings. The zero-order valence-corrected chi connectivity index (χ0v) is 12.9. The molecule has 16 heavy (non-hydrogen) atoms. The van der Waals surface area contributed by atoms with E-state index >= 15 is 0 Å². The molecule has 0 aromatic rings. The molecule has 0 saturated heterocycles. The van der Waals surface area contributed by atoms with E-state index in [9.17, 15) is 4.79 Å². The molecule has 4 heteroatoms. The first kappa shape index (κ1) is 16.3. The maximum absolute atomic E-state index is 11.9. The average molecular weight is 264 g/mol. The summed E-state index contributed by atoms with van der Waals surface area (Å²) in [6.07, 6.45) is 1.03. The summed E-state index contributed by atoms with van der Waals surface area (Å²) in [5.41, 5.74) is -0.391. The van der Waals surface area contributed by atoms with Crippen molar-refractivity contribution in [1.82, 2.24) is 0 Å². The molecule has 0 aliphatic carbocycles. The molecule has 0 saturated carbocycles. The van der Waals surface area contributed by atoms with E-state index in [0.29, 0.717) is 6.61 Å². The van der Waals surface area contributed by atoms with Crippen molar-refractivity contribution in [3.8, 4) is 0 Å². The lowest BCUT2D eigenvalue weighted by Gasteiger charge is -2.24. The van der Waals surface area contributed by atoms with Gasteiger partial charge < -0.3 is 4.18 Å². The summed E-state index contributed by atoms with van der Waals surface area (Å²) in [6, 6.07) is 0. The summed E-state index contributed by atoms with van der Waals surface area (Å²) in [4.78, 5) is 11.9. The van der Waals surface area contributed by atoms with Crippen LogP contribution in [-0.2, 0) is 8.98 Å². The normalized spacial score (nSPS) is 12.9. The Morgan fingerprint density at radius 1 is 1.19 bits per heavy atom. The molecular weight excluding hydrogens is 240 g/mol. The van der Waals surface area contributed by atoms with E-state index in [0.717, 1.165) is 12.2 Å². The summed E-state index contributed by atoms with van der Waals surface area (Å²) in [7, 11) is 0. The van der Waals surface area contributed by atoms with Gasteiger partial charge in [-0.25, -0.2) is 0 Å². The van der Waals surface area contributed by atoms with Crippen LogP contribution in [-0.4, -0.2) is 22.2 Å². The minimum Gasteiger partial charge on any atom is -0.314 e. The monoisotopic (exact) mass is 264 g/mol. The predicted molar refractivity (Wildman–Crippen MR) is 74.8 cm³/mol. The van der Waals surface area contributed by atoms with Gasteiger partial charge >= 0.3 is 0 Å². The van der Waals surface area contributed by atoms with E-state index in [-0.39, 0.29) is 9.86 Å². The van der Waals surface area contributed by atoms with Crippen LogP contribution >= 0.6 is 23.8 Å². The standard InChI is InChI=1S/C12H24O2S2/c1-7-8-15-10(13)12(5,6)9-14-16-11(2,3)4/h7-9H2,1-6H3. The molecule has 0 bridgehead atoms. The minimum atomic E-state index is -0.391. The second kappa shape index (κ2) is 6.92. The smallest absolute Gasteiger partial charge is 0.196 e. The summed E-state index contributed by atoms with van der Waals surface area (Å²) in [5, 5.41) is 0.226. The molecule has 0 fully saturated rings. The number of carbonyl (C=O) groups excluding carboxylic acids is 1. The highest BCUT2D eigenvalue weighted by molar-refractivity contribution is 8.13. The number of rotatable bonds is 6. The van der Waals surface area contributed by atoms with Crippen molar-refractivity contribution in [1.29, 1.82) is 0 Å². The van der Waals surface area contributed by atoms with E-state index in [1.54, 1.807) is 0 Å². The van der Waals surface area contributed by atoms with Crippen LogP contribution in [0.2, 0.25) is 0 Å². The second-order valence-corrected chi connectivity index (χ2v) is 8.17. The van der Waals surface area contributed by atoms with Crippen LogP contribution in [0.3, 0.4) is 0 Å². The van der Waals surface area contributed by atoms with Crippen LogP contribution in [0.25, 0.3) is 0 Å². The van der Waals surface area contributed by atoms with Gasteiger partial charge in [0, 0.05) is 10.5 Å². The van der Waals surface area contributed by atoms with Gasteiger partial charge in [-0.15, -0.1) is 0 Å². The van der Waals surface area contributed by atoms with E-state index in [1.807, 2.05) is 13.8 Å². The average Bonchev–Trinajstić information content (AvgIpc) is 2.11. The fourth-order valence-corrected chi connectivity index (χ4v) is 2.35. The molecule has 0 rings (SSSR count). The maximum Gasteiger partial charge on any atom is 0.196 e. The predicted octanol–water partition coefficient (Wildman–Crippen LogP) is 4.15. The summed E-state index contributed by atoms with van der Waals surface area (Å²) in [5.74, 6) is 0.897. The fraction of sp³-hybridized carbons (Fsp3) is 0.917. The van der Waals surface area contributed by atoms with Crippen molar-refractivity contribution in [3.63, 3.8) is 0 Å². The van der Waals surface area contributed by atoms with Crippen molar-refractivity contribution >= 4 is 28.9 Å². The molecule has 0 aromatic carbocycles. The Morgan fingerprint density at radius 2 is 1.75 bits per heavy atom. The molecule has 0 unspecified atom stereocenters. The molecule has 0 atom stereocenters. The quantitative estimate of drug-likeness (QED) is 0.673. The fourth-order valence-electron chi connectivity index (χ4n) is 0.803. The Labute approximate surface area is 108 Å². The van der Waals surface area contributed by atoms with Crippen LogP contribution in [0.15, 0.2) is 0 Å². The van der Waals surface area contributed by atoms with Gasteiger partial charge in [0.1, 0.15) is 0 Å². The molecule has 0 radical (unpaired) electrons. The van der Waals surface area contributed by atoms with Gasteiger partial charge in [-0.05, 0) is 53.1 Å². The van der Waals surface area contributed by atoms with Gasteiger partial charge in [0.05, 0.1) is 12.0 Å². The molecular formula is C12H24O2S2. The van der Waals surface area contributed by atoms with Crippen molar-refractivity contribution < 1.29 is 8.98 Å². The van der Waals surface area contributed by atoms with E-state index < -0.39 is 5.41 Å². The largest absolute Gasteiger partial charge is 0.314 e. The van der Waals surface area contributed by atoms with Crippen LogP contribution in [0.5, 0.6) is 0 Å². The van der Waals surface area contributed by atoms with Gasteiger partial charge in [0.2, 0.25) is 0 Å². The lowest BCUT2D eigenvalue weighted by Crippen LogP contribution is -2.27. The Hall–Kier alpha value is 0.330. The van der Waals surface area contributed by atoms with Gasteiger partial charge in [-0.1, -0.05) is 18.7 Å². The summed E-state index contributed by atoms with van der Waals surface area (Å²) in [6.45, 7) is 12.7. The van der Waals surface area contributed by atoms with Gasteiger partial charge in [0.15, 0.2) is 5.12 Å². The second-order valence-electron chi connectivity index (χ2n) is 5.48. The highest BCUT2D eigenvalue weighted by Gasteiger charge is 2.29. The molecule has 0 N–H and O–H groups in total. The van der Waals surface area contributed by atoms with Crippen molar-refractivity contribution in [2.75, 3.05) is 12.4 Å². The molecule has 2 nitrogen and oxygen atoms in total. The first-order valence-electron chi connectivity index (χ1n) is 5.67. The van der Waals surface area contributed by atoms with E-state index in [4.69, 9.17) is 4.18 Å². The number of hydrogen-bond acceptors (Lipinski definition) is 4. The molecule has 0 aliphatic heterocycles. The van der Waals surface area contributed by atoms with Gasteiger partial charge in [0.25, 0.3) is 0 Å². The summed E-state index contributed by atoms with van der Waals surface area (Å²) >= 11 is 2.85. The SMILES string of the molecule is CCCSC(=O)C(C)(C)COSC(C)(C)C. The Bertz CT molecular complexity index is 220. The zero-order chi connectivity index (χ0) is 12.8. The third-order valence-corrected chi connectivity index (χ3v) is 3.88. The van der Waals surface area contributed by atoms with Crippen LogP contribution < -0.4 is 0 Å². The van der Waals surface area contributed by atoms with Crippen LogP contribution in [0.1, 0.15) is 48.0 Å². The molecule has 96 valence electrons. The number of thioether (sulfide) groups is 1. The molecule has 0 heterocycles.